The van der Waals surface area contributed by atoms with E-state index in [0.29, 0.717) is 19.2 Å². The van der Waals surface area contributed by atoms with Gasteiger partial charge in [-0.2, -0.15) is 0 Å². The van der Waals surface area contributed by atoms with Crippen molar-refractivity contribution in [3.05, 3.63) is 90.5 Å². The lowest BCUT2D eigenvalue weighted by molar-refractivity contribution is -0.909. The van der Waals surface area contributed by atoms with Crippen LogP contribution in [0.2, 0.25) is 0 Å². The molecule has 0 bridgehead atoms. The molecular formula is C25H32N2O2+2. The van der Waals surface area contributed by atoms with Crippen molar-refractivity contribution < 1.29 is 20.1 Å². The Morgan fingerprint density at radius 2 is 1.38 bits per heavy atom. The van der Waals surface area contributed by atoms with Gasteiger partial charge in [0.05, 0.1) is 14.1 Å². The van der Waals surface area contributed by atoms with Gasteiger partial charge in [-0.15, -0.1) is 0 Å². The Hall–Kier alpha value is -2.66. The minimum absolute atomic E-state index is 0.298. The number of aliphatic hydroxyl groups is 1. The van der Waals surface area contributed by atoms with Crippen LogP contribution in [-0.4, -0.2) is 45.0 Å². The maximum absolute atomic E-state index is 10.3. The van der Waals surface area contributed by atoms with Crippen molar-refractivity contribution >= 4 is 0 Å². The summed E-state index contributed by atoms with van der Waals surface area (Å²) in [6.07, 6.45) is -0.502. The topological polar surface area (TPSA) is 50.5 Å². The van der Waals surface area contributed by atoms with Crippen molar-refractivity contribution in [1.29, 1.82) is 0 Å². The molecule has 0 saturated carbocycles. The molecule has 4 nitrogen and oxygen atoms in total. The van der Waals surface area contributed by atoms with Gasteiger partial charge in [-0.1, -0.05) is 72.8 Å². The number of likely N-dealkylation sites (N-methyl/N-ethyl adjacent to an activating group) is 1. The number of nitrogens with one attached hydrogen (secondary N) is 1. The fourth-order valence-corrected chi connectivity index (χ4v) is 3.48. The van der Waals surface area contributed by atoms with Crippen LogP contribution in [0, 0.1) is 0 Å². The highest BCUT2D eigenvalue weighted by Crippen LogP contribution is 2.22. The molecule has 4 heteroatoms. The number of ether oxygens (including phenoxy) is 1. The molecule has 2 atom stereocenters. The predicted molar refractivity (Wildman–Crippen MR) is 117 cm³/mol. The summed E-state index contributed by atoms with van der Waals surface area (Å²) < 4.78 is 5.77. The Labute approximate surface area is 173 Å². The Bertz CT molecular complexity index is 836. The third-order valence-corrected chi connectivity index (χ3v) is 5.14. The summed E-state index contributed by atoms with van der Waals surface area (Å²) in [5.41, 5.74) is 3.67. The lowest BCUT2D eigenvalue weighted by Crippen LogP contribution is -3.09. The van der Waals surface area contributed by atoms with Crippen LogP contribution >= 0.6 is 0 Å². The van der Waals surface area contributed by atoms with Crippen LogP contribution in [0.5, 0.6) is 5.75 Å². The zero-order valence-electron chi connectivity index (χ0n) is 17.3. The Kier molecular flexibility index (Phi) is 7.82. The van der Waals surface area contributed by atoms with E-state index in [2.05, 4.69) is 55.8 Å². The normalized spacial score (nSPS) is 13.2. The highest BCUT2D eigenvalue weighted by Gasteiger charge is 2.20. The summed E-state index contributed by atoms with van der Waals surface area (Å²) in [6, 6.07) is 29.2. The molecule has 0 radical (unpaired) electrons. The van der Waals surface area contributed by atoms with Crippen LogP contribution in [0.1, 0.15) is 11.6 Å². The van der Waals surface area contributed by atoms with E-state index in [1.54, 1.807) is 0 Å². The van der Waals surface area contributed by atoms with Gasteiger partial charge in [-0.05, 0) is 23.3 Å². The molecule has 152 valence electrons. The van der Waals surface area contributed by atoms with E-state index in [0.717, 1.165) is 17.9 Å². The molecule has 0 saturated heterocycles. The van der Waals surface area contributed by atoms with Crippen molar-refractivity contribution in [2.24, 2.45) is 0 Å². The molecule has 0 unspecified atom stereocenters. The van der Waals surface area contributed by atoms with Gasteiger partial charge in [0.1, 0.15) is 31.5 Å². The fourth-order valence-electron chi connectivity index (χ4n) is 3.48. The lowest BCUT2D eigenvalue weighted by Gasteiger charge is -2.21. The molecule has 3 aromatic carbocycles. The van der Waals surface area contributed by atoms with E-state index >= 15 is 0 Å². The first kappa shape index (κ1) is 21.1. The fraction of sp³-hybridized carbons (Fsp3) is 0.280. The van der Waals surface area contributed by atoms with Gasteiger partial charge in [-0.25, -0.2) is 0 Å². The second-order valence-corrected chi connectivity index (χ2v) is 7.66. The number of hydrogen-bond donors (Lipinski definition) is 3. The second-order valence-electron chi connectivity index (χ2n) is 7.66. The molecule has 0 aliphatic carbocycles. The van der Waals surface area contributed by atoms with Crippen LogP contribution in [0.3, 0.4) is 0 Å². The summed E-state index contributed by atoms with van der Waals surface area (Å²) in [4.78, 5) is 1.39. The van der Waals surface area contributed by atoms with Gasteiger partial charge in [0.2, 0.25) is 0 Å². The first-order valence-corrected chi connectivity index (χ1v) is 10.3. The van der Waals surface area contributed by atoms with E-state index in [9.17, 15) is 5.11 Å². The summed E-state index contributed by atoms with van der Waals surface area (Å²) in [5, 5.41) is 12.5. The molecule has 0 fully saturated rings. The van der Waals surface area contributed by atoms with Crippen LogP contribution < -0.4 is 15.0 Å². The second kappa shape index (κ2) is 10.8. The van der Waals surface area contributed by atoms with Gasteiger partial charge in [0.15, 0.2) is 6.04 Å². The Morgan fingerprint density at radius 1 is 0.793 bits per heavy atom. The molecule has 3 rings (SSSR count). The molecule has 0 aromatic heterocycles. The maximum Gasteiger partial charge on any atom is 0.162 e. The number of nitrogens with two attached hydrogens (primary N) is 1. The Balaban J connectivity index is 1.43. The molecule has 4 N–H and O–H groups in total. The van der Waals surface area contributed by atoms with Crippen LogP contribution in [0.25, 0.3) is 11.1 Å². The molecule has 0 heterocycles. The zero-order chi connectivity index (χ0) is 20.5. The van der Waals surface area contributed by atoms with Crippen molar-refractivity contribution in [1.82, 2.24) is 0 Å². The standard InChI is InChI=1S/C25H30N2O2/c1-27(2)25(22-11-7-4-8-12-22)18-26-17-23(28)19-29-24-15-13-21(14-16-24)20-9-5-3-6-10-20/h3-16,23,25-26,28H,17-19H2,1-2H3/p+2/t23-,25-/m0/s1. The van der Waals surface area contributed by atoms with Crippen molar-refractivity contribution in [2.45, 2.75) is 12.1 Å². The molecule has 3 aromatic rings. The van der Waals surface area contributed by atoms with E-state index in [1.807, 2.05) is 48.5 Å². The molecule has 0 amide bonds. The summed E-state index contributed by atoms with van der Waals surface area (Å²) in [6.45, 7) is 1.85. The molecule has 0 aliphatic rings. The van der Waals surface area contributed by atoms with E-state index < -0.39 is 6.10 Å². The molecule has 0 aliphatic heterocycles. The average molecular weight is 393 g/mol. The first-order chi connectivity index (χ1) is 14.1. The number of hydrogen-bond acceptors (Lipinski definition) is 2. The SMILES string of the molecule is C[NH+](C)[C@@H](C[NH2+]C[C@H](O)COc1ccc(-c2ccccc2)cc1)c1ccccc1. The van der Waals surface area contributed by atoms with Gasteiger partial charge in [-0.3, -0.25) is 0 Å². The first-order valence-electron chi connectivity index (χ1n) is 10.3. The van der Waals surface area contributed by atoms with Crippen molar-refractivity contribution in [2.75, 3.05) is 33.8 Å². The Morgan fingerprint density at radius 3 is 2.00 bits per heavy atom. The van der Waals surface area contributed by atoms with Crippen LogP contribution in [-0.2, 0) is 0 Å². The maximum atomic E-state index is 10.3. The zero-order valence-corrected chi connectivity index (χ0v) is 17.3. The highest BCUT2D eigenvalue weighted by atomic mass is 16.5. The van der Waals surface area contributed by atoms with E-state index in [1.165, 1.54) is 16.0 Å². The molecule has 29 heavy (non-hydrogen) atoms. The molecular weight excluding hydrogens is 360 g/mol. The average Bonchev–Trinajstić information content (AvgIpc) is 2.76. The highest BCUT2D eigenvalue weighted by molar-refractivity contribution is 5.63. The summed E-state index contributed by atoms with van der Waals surface area (Å²) in [5.74, 6) is 0.781. The predicted octanol–water partition coefficient (Wildman–Crippen LogP) is 1.54. The summed E-state index contributed by atoms with van der Waals surface area (Å²) in [7, 11) is 4.34. The third-order valence-electron chi connectivity index (χ3n) is 5.14. The third kappa shape index (κ3) is 6.43. The van der Waals surface area contributed by atoms with Gasteiger partial charge in [0.25, 0.3) is 0 Å². The van der Waals surface area contributed by atoms with Crippen molar-refractivity contribution in [3.63, 3.8) is 0 Å². The summed E-state index contributed by atoms with van der Waals surface area (Å²) >= 11 is 0. The smallest absolute Gasteiger partial charge is 0.162 e. The van der Waals surface area contributed by atoms with Gasteiger partial charge < -0.3 is 20.1 Å². The van der Waals surface area contributed by atoms with Crippen LogP contribution in [0.15, 0.2) is 84.9 Å². The molecule has 0 spiro atoms. The largest absolute Gasteiger partial charge is 0.491 e. The van der Waals surface area contributed by atoms with Gasteiger partial charge >= 0.3 is 0 Å². The number of rotatable bonds is 10. The lowest BCUT2D eigenvalue weighted by atomic mass is 10.1. The quantitative estimate of drug-likeness (QED) is 0.490. The van der Waals surface area contributed by atoms with E-state index in [-0.39, 0.29) is 0 Å². The minimum atomic E-state index is -0.502. The number of aliphatic hydroxyl groups excluding tert-OH is 1. The van der Waals surface area contributed by atoms with E-state index in [4.69, 9.17) is 4.74 Å². The van der Waals surface area contributed by atoms with Crippen molar-refractivity contribution in [3.8, 4) is 16.9 Å². The van der Waals surface area contributed by atoms with Gasteiger partial charge in [0, 0.05) is 5.56 Å². The van der Waals surface area contributed by atoms with Crippen LogP contribution in [0.4, 0.5) is 0 Å². The number of benzene rings is 3. The minimum Gasteiger partial charge on any atom is -0.491 e. The number of quaternary nitrogens is 2. The monoisotopic (exact) mass is 392 g/mol.